The van der Waals surface area contributed by atoms with Crippen molar-refractivity contribution < 1.29 is 9.47 Å². The summed E-state index contributed by atoms with van der Waals surface area (Å²) in [6.07, 6.45) is 2.17. The maximum atomic E-state index is 5.97. The van der Waals surface area contributed by atoms with Gasteiger partial charge in [-0.15, -0.1) is 11.3 Å². The van der Waals surface area contributed by atoms with E-state index in [-0.39, 0.29) is 0 Å². The van der Waals surface area contributed by atoms with Crippen molar-refractivity contribution in [2.45, 2.75) is 38.6 Å². The average Bonchev–Trinajstić information content (AvgIpc) is 3.31. The first kappa shape index (κ1) is 17.6. The molecule has 0 amide bonds. The van der Waals surface area contributed by atoms with Gasteiger partial charge in [0.1, 0.15) is 13.2 Å². The number of fused-ring (bicyclic) bond motifs is 4. The summed E-state index contributed by atoms with van der Waals surface area (Å²) in [4.78, 5) is 1.34. The van der Waals surface area contributed by atoms with E-state index in [0.29, 0.717) is 25.2 Å². The molecule has 1 aliphatic rings. The highest BCUT2D eigenvalue weighted by Crippen LogP contribution is 2.47. The number of ether oxygens (including phenoxy) is 2. The highest BCUT2D eigenvalue weighted by Gasteiger charge is 2.26. The van der Waals surface area contributed by atoms with Crippen LogP contribution in [0.1, 0.15) is 43.5 Å². The molecule has 28 heavy (non-hydrogen) atoms. The minimum atomic E-state index is 0.386. The first-order valence-electron chi connectivity index (χ1n) is 10.1. The Hall–Kier alpha value is -2.46. The van der Waals surface area contributed by atoms with Gasteiger partial charge >= 0.3 is 0 Å². The Morgan fingerprint density at radius 1 is 0.964 bits per heavy atom. The SMILES string of the molecule is CCC(CC(C)n1c2ccccc2c2ccccc21)c1scc2c1OCCO2. The molecule has 0 spiro atoms. The highest BCUT2D eigenvalue weighted by molar-refractivity contribution is 7.10. The molecule has 0 aliphatic carbocycles. The van der Waals surface area contributed by atoms with Crippen LogP contribution in [0.2, 0.25) is 0 Å². The monoisotopic (exact) mass is 391 g/mol. The Bertz CT molecular complexity index is 1070. The van der Waals surface area contributed by atoms with Crippen molar-refractivity contribution in [2.24, 2.45) is 0 Å². The van der Waals surface area contributed by atoms with E-state index >= 15 is 0 Å². The van der Waals surface area contributed by atoms with Crippen LogP contribution in [-0.2, 0) is 0 Å². The molecule has 0 saturated carbocycles. The van der Waals surface area contributed by atoms with Crippen LogP contribution in [0.25, 0.3) is 21.8 Å². The Balaban J connectivity index is 1.54. The molecule has 0 radical (unpaired) electrons. The molecule has 3 nitrogen and oxygen atoms in total. The third kappa shape index (κ3) is 2.78. The van der Waals surface area contributed by atoms with Crippen molar-refractivity contribution in [3.63, 3.8) is 0 Å². The van der Waals surface area contributed by atoms with E-state index in [1.165, 1.54) is 26.7 Å². The van der Waals surface area contributed by atoms with Crippen molar-refractivity contribution in [1.29, 1.82) is 0 Å². The second kappa shape index (κ2) is 7.17. The van der Waals surface area contributed by atoms with Crippen LogP contribution in [0, 0.1) is 0 Å². The lowest BCUT2D eigenvalue weighted by molar-refractivity contribution is 0.171. The Morgan fingerprint density at radius 2 is 1.61 bits per heavy atom. The van der Waals surface area contributed by atoms with Gasteiger partial charge in [0.05, 0.1) is 4.88 Å². The van der Waals surface area contributed by atoms with Gasteiger partial charge < -0.3 is 14.0 Å². The van der Waals surface area contributed by atoms with Crippen LogP contribution in [0.15, 0.2) is 53.9 Å². The molecule has 3 heterocycles. The molecule has 0 saturated heterocycles. The average molecular weight is 392 g/mol. The number of aromatic nitrogens is 1. The standard InChI is InChI=1S/C24H25NO2S/c1-3-17(24-23-22(15-28-24)26-12-13-27-23)14-16(2)25-20-10-6-4-8-18(20)19-9-5-7-11-21(19)25/h4-11,15-17H,3,12-14H2,1-2H3. The van der Waals surface area contributed by atoms with Gasteiger partial charge in [0.15, 0.2) is 11.5 Å². The molecule has 4 aromatic rings. The third-order valence-electron chi connectivity index (χ3n) is 5.88. The highest BCUT2D eigenvalue weighted by atomic mass is 32.1. The number of hydrogen-bond donors (Lipinski definition) is 0. The van der Waals surface area contributed by atoms with E-state index in [1.54, 1.807) is 11.3 Å². The van der Waals surface area contributed by atoms with Crippen LogP contribution in [0.5, 0.6) is 11.5 Å². The summed E-state index contributed by atoms with van der Waals surface area (Å²) >= 11 is 1.79. The smallest absolute Gasteiger partial charge is 0.175 e. The van der Waals surface area contributed by atoms with Gasteiger partial charge in [-0.25, -0.2) is 0 Å². The zero-order valence-electron chi connectivity index (χ0n) is 16.4. The summed E-state index contributed by atoms with van der Waals surface area (Å²) < 4.78 is 14.3. The first-order valence-corrected chi connectivity index (χ1v) is 11.0. The van der Waals surface area contributed by atoms with Gasteiger partial charge in [-0.05, 0) is 37.8 Å². The maximum Gasteiger partial charge on any atom is 0.175 e. The second-order valence-corrected chi connectivity index (χ2v) is 8.50. The van der Waals surface area contributed by atoms with E-state index < -0.39 is 0 Å². The Labute approximate surface area is 169 Å². The largest absolute Gasteiger partial charge is 0.485 e. The molecule has 2 aromatic heterocycles. The summed E-state index contributed by atoms with van der Waals surface area (Å²) in [6.45, 7) is 5.92. The van der Waals surface area contributed by atoms with Crippen LogP contribution < -0.4 is 9.47 Å². The molecule has 0 bridgehead atoms. The van der Waals surface area contributed by atoms with Crippen molar-refractivity contribution >= 4 is 33.1 Å². The molecule has 4 heteroatoms. The van der Waals surface area contributed by atoms with Crippen LogP contribution in [-0.4, -0.2) is 17.8 Å². The molecule has 144 valence electrons. The predicted molar refractivity (Wildman–Crippen MR) is 117 cm³/mol. The van der Waals surface area contributed by atoms with E-state index in [2.05, 4.69) is 72.3 Å². The number of nitrogens with zero attached hydrogens (tertiary/aromatic N) is 1. The van der Waals surface area contributed by atoms with Crippen molar-refractivity contribution in [3.05, 3.63) is 58.8 Å². The number of hydrogen-bond acceptors (Lipinski definition) is 3. The van der Waals surface area contributed by atoms with Crippen LogP contribution >= 0.6 is 11.3 Å². The normalized spacial score (nSPS) is 15.8. The van der Waals surface area contributed by atoms with E-state index in [9.17, 15) is 0 Å². The summed E-state index contributed by atoms with van der Waals surface area (Å²) in [5.41, 5.74) is 2.64. The van der Waals surface area contributed by atoms with Gasteiger partial charge in [-0.1, -0.05) is 43.3 Å². The zero-order valence-corrected chi connectivity index (χ0v) is 17.2. The molecule has 0 fully saturated rings. The minimum Gasteiger partial charge on any atom is -0.485 e. The molecule has 2 aromatic carbocycles. The van der Waals surface area contributed by atoms with Crippen LogP contribution in [0.4, 0.5) is 0 Å². The lowest BCUT2D eigenvalue weighted by Gasteiger charge is -2.24. The van der Waals surface area contributed by atoms with Crippen molar-refractivity contribution in [2.75, 3.05) is 13.2 Å². The second-order valence-electron chi connectivity index (χ2n) is 7.58. The molecule has 2 atom stereocenters. The topological polar surface area (TPSA) is 23.4 Å². The maximum absolute atomic E-state index is 5.97. The fourth-order valence-electron chi connectivity index (χ4n) is 4.57. The number of para-hydroxylation sites is 2. The molecule has 0 N–H and O–H groups in total. The summed E-state index contributed by atoms with van der Waals surface area (Å²) in [7, 11) is 0. The third-order valence-corrected chi connectivity index (χ3v) is 6.98. The molecule has 1 aliphatic heterocycles. The van der Waals surface area contributed by atoms with Gasteiger partial charge in [-0.3, -0.25) is 0 Å². The predicted octanol–water partition coefficient (Wildman–Crippen LogP) is 6.77. The minimum absolute atomic E-state index is 0.386. The summed E-state index contributed by atoms with van der Waals surface area (Å²) in [6, 6.07) is 17.9. The lowest BCUT2D eigenvalue weighted by Crippen LogP contribution is -2.16. The number of rotatable bonds is 5. The Kier molecular flexibility index (Phi) is 4.52. The fourth-order valence-corrected chi connectivity index (χ4v) is 5.70. The van der Waals surface area contributed by atoms with Gasteiger partial charge in [0.2, 0.25) is 0 Å². The van der Waals surface area contributed by atoms with Crippen LogP contribution in [0.3, 0.4) is 0 Å². The van der Waals surface area contributed by atoms with Gasteiger partial charge in [-0.2, -0.15) is 0 Å². The molecular weight excluding hydrogens is 366 g/mol. The molecular formula is C24H25NO2S. The van der Waals surface area contributed by atoms with E-state index in [0.717, 1.165) is 24.3 Å². The summed E-state index contributed by atoms with van der Waals surface area (Å²) in [5, 5.41) is 4.78. The molecule has 5 rings (SSSR count). The van der Waals surface area contributed by atoms with Gasteiger partial charge in [0.25, 0.3) is 0 Å². The van der Waals surface area contributed by atoms with Gasteiger partial charge in [0, 0.05) is 33.2 Å². The number of thiophene rings is 1. The lowest BCUT2D eigenvalue weighted by atomic mass is 9.95. The van der Waals surface area contributed by atoms with Crippen molar-refractivity contribution in [3.8, 4) is 11.5 Å². The summed E-state index contributed by atoms with van der Waals surface area (Å²) in [5.74, 6) is 2.37. The Morgan fingerprint density at radius 3 is 2.29 bits per heavy atom. The van der Waals surface area contributed by atoms with E-state index in [4.69, 9.17) is 9.47 Å². The first-order chi connectivity index (χ1) is 13.8. The van der Waals surface area contributed by atoms with Crippen molar-refractivity contribution in [1.82, 2.24) is 4.57 Å². The quantitative estimate of drug-likeness (QED) is 0.375. The molecule has 2 unspecified atom stereocenters. The van der Waals surface area contributed by atoms with E-state index in [1.807, 2.05) is 0 Å². The zero-order chi connectivity index (χ0) is 19.1. The number of benzene rings is 2. The fraction of sp³-hybridized carbons (Fsp3) is 0.333.